The molecule has 9 atom stereocenters. The van der Waals surface area contributed by atoms with Gasteiger partial charge in [-0.05, 0) is 30.6 Å². The zero-order valence-electron chi connectivity index (χ0n) is 25.5. The minimum absolute atomic E-state index is 0.0254. The summed E-state index contributed by atoms with van der Waals surface area (Å²) in [6.07, 6.45) is -1.60. The van der Waals surface area contributed by atoms with Crippen molar-refractivity contribution in [1.29, 1.82) is 0 Å². The molecule has 226 valence electrons. The first kappa shape index (κ1) is 31.3. The Balaban J connectivity index is 1.88. The Morgan fingerprint density at radius 2 is 1.61 bits per heavy atom. The van der Waals surface area contributed by atoms with Crippen LogP contribution in [0.15, 0.2) is 11.1 Å². The van der Waals surface area contributed by atoms with Gasteiger partial charge in [-0.25, -0.2) is 0 Å². The van der Waals surface area contributed by atoms with E-state index in [2.05, 4.69) is 0 Å². The molecule has 0 aromatic heterocycles. The quantitative estimate of drug-likeness (QED) is 0.433. The number of carboxylic acid groups (broad SMARTS) is 1. The van der Waals surface area contributed by atoms with Crippen LogP contribution in [0.5, 0.6) is 0 Å². The predicted molar refractivity (Wildman–Crippen MR) is 147 cm³/mol. The van der Waals surface area contributed by atoms with Crippen molar-refractivity contribution in [3.63, 3.8) is 0 Å². The van der Waals surface area contributed by atoms with Crippen LogP contribution in [0.25, 0.3) is 0 Å². The minimum atomic E-state index is -1.30. The van der Waals surface area contributed by atoms with Crippen LogP contribution in [0.1, 0.15) is 93.9 Å². The molecule has 2 fully saturated rings. The van der Waals surface area contributed by atoms with Crippen LogP contribution in [-0.2, 0) is 33.5 Å². The van der Waals surface area contributed by atoms with E-state index < -0.39 is 75.3 Å². The van der Waals surface area contributed by atoms with Crippen LogP contribution >= 0.6 is 0 Å². The molecule has 0 spiro atoms. The van der Waals surface area contributed by atoms with Crippen LogP contribution in [0.4, 0.5) is 0 Å². The fourth-order valence-electron chi connectivity index (χ4n) is 9.26. The number of Topliss-reactive ketones (excluding diaryl/α,β-unsaturated/α-hetero) is 4. The van der Waals surface area contributed by atoms with Crippen LogP contribution in [0.2, 0.25) is 0 Å². The molecule has 9 unspecified atom stereocenters. The van der Waals surface area contributed by atoms with E-state index in [1.54, 1.807) is 13.8 Å². The molecule has 4 aliphatic rings. The lowest BCUT2D eigenvalue weighted by molar-refractivity contribution is -0.177. The highest BCUT2D eigenvalue weighted by Gasteiger charge is 2.74. The van der Waals surface area contributed by atoms with Crippen molar-refractivity contribution in [2.45, 2.75) is 106 Å². The molecule has 9 nitrogen and oxygen atoms in total. The summed E-state index contributed by atoms with van der Waals surface area (Å²) in [6.45, 7) is 13.6. The van der Waals surface area contributed by atoms with E-state index in [9.17, 15) is 39.0 Å². The first-order valence-corrected chi connectivity index (χ1v) is 14.7. The Kier molecular flexibility index (Phi) is 7.59. The number of esters is 1. The number of ketones is 4. The molecule has 0 aliphatic heterocycles. The summed E-state index contributed by atoms with van der Waals surface area (Å²) >= 11 is 0. The van der Waals surface area contributed by atoms with Crippen molar-refractivity contribution in [1.82, 2.24) is 0 Å². The van der Waals surface area contributed by atoms with E-state index >= 15 is 0 Å². The number of rotatable bonds is 7. The average Bonchev–Trinajstić information content (AvgIpc) is 3.07. The molecule has 0 aromatic rings. The number of fused-ring (bicyclic) bond motifs is 4. The standard InChI is InChI=1S/C32H44O9/c1-15(11-18(34)12-16(2)28(39)40)19-13-23(37)32(8)24-20(35)14-21-29(4,5)22(36)9-10-30(21,6)25(24)26(38)27(31(19,32)7)41-17(3)33/h15-16,19,21,23,27,37H,9-14H2,1-8H3,(H,39,40). The Morgan fingerprint density at radius 1 is 1.00 bits per heavy atom. The third-order valence-corrected chi connectivity index (χ3v) is 11.8. The second-order valence-corrected chi connectivity index (χ2v) is 14.4. The molecule has 2 N–H and O–H groups in total. The SMILES string of the molecule is CC(=O)OC1C(=O)C2=C(C(=O)CC3C(C)(C)C(=O)CCC23C)C2(C)C(O)CC(C(C)CC(=O)CC(C)C(=O)O)C12C. The number of hydrogen-bond acceptors (Lipinski definition) is 8. The predicted octanol–water partition coefficient (Wildman–Crippen LogP) is 3.88. The topological polar surface area (TPSA) is 152 Å². The van der Waals surface area contributed by atoms with Crippen molar-refractivity contribution in [2.24, 2.45) is 45.3 Å². The number of carbonyl (C=O) groups is 6. The van der Waals surface area contributed by atoms with E-state index in [0.717, 1.165) is 0 Å². The van der Waals surface area contributed by atoms with Crippen molar-refractivity contribution >= 4 is 35.1 Å². The van der Waals surface area contributed by atoms with Gasteiger partial charge < -0.3 is 14.9 Å². The molecule has 9 heteroatoms. The maximum Gasteiger partial charge on any atom is 0.306 e. The number of aliphatic carboxylic acids is 1. The Labute approximate surface area is 241 Å². The fraction of sp³-hybridized carbons (Fsp3) is 0.750. The summed E-state index contributed by atoms with van der Waals surface area (Å²) < 4.78 is 5.82. The molecule has 2 saturated carbocycles. The van der Waals surface area contributed by atoms with Crippen molar-refractivity contribution in [3.05, 3.63) is 11.1 Å². The molecule has 0 heterocycles. The Bertz CT molecular complexity index is 1260. The molecule has 4 aliphatic carbocycles. The van der Waals surface area contributed by atoms with E-state index in [1.807, 2.05) is 27.7 Å². The van der Waals surface area contributed by atoms with Gasteiger partial charge in [0.2, 0.25) is 5.78 Å². The molecule has 4 rings (SSSR count). The summed E-state index contributed by atoms with van der Waals surface area (Å²) in [6, 6.07) is 0. The van der Waals surface area contributed by atoms with Crippen molar-refractivity contribution < 1.29 is 43.7 Å². The number of carboxylic acids is 1. The maximum absolute atomic E-state index is 14.6. The highest BCUT2D eigenvalue weighted by Crippen LogP contribution is 2.71. The normalized spacial score (nSPS) is 39.4. The number of aliphatic hydroxyl groups excluding tert-OH is 1. The van der Waals surface area contributed by atoms with Gasteiger partial charge in [0.25, 0.3) is 0 Å². The van der Waals surface area contributed by atoms with Gasteiger partial charge in [-0.2, -0.15) is 0 Å². The fourth-order valence-corrected chi connectivity index (χ4v) is 9.26. The van der Waals surface area contributed by atoms with Gasteiger partial charge in [-0.3, -0.25) is 28.8 Å². The molecule has 0 radical (unpaired) electrons. The molecule has 0 amide bonds. The van der Waals surface area contributed by atoms with Gasteiger partial charge >= 0.3 is 11.9 Å². The Morgan fingerprint density at radius 3 is 2.17 bits per heavy atom. The first-order chi connectivity index (χ1) is 18.8. The first-order valence-electron chi connectivity index (χ1n) is 14.7. The summed E-state index contributed by atoms with van der Waals surface area (Å²) in [4.78, 5) is 78.3. The van der Waals surface area contributed by atoms with E-state index in [0.29, 0.717) is 6.42 Å². The van der Waals surface area contributed by atoms with Crippen LogP contribution in [-0.4, -0.2) is 57.5 Å². The van der Waals surface area contributed by atoms with Crippen molar-refractivity contribution in [3.8, 4) is 0 Å². The maximum atomic E-state index is 14.6. The Hall–Kier alpha value is -2.68. The second kappa shape index (κ2) is 9.96. The van der Waals surface area contributed by atoms with Gasteiger partial charge in [-0.15, -0.1) is 0 Å². The molecular weight excluding hydrogens is 528 g/mol. The summed E-state index contributed by atoms with van der Waals surface area (Å²) in [5.74, 6) is -4.81. The average molecular weight is 573 g/mol. The lowest BCUT2D eigenvalue weighted by atomic mass is 9.42. The van der Waals surface area contributed by atoms with E-state index in [-0.39, 0.29) is 60.6 Å². The van der Waals surface area contributed by atoms with E-state index in [1.165, 1.54) is 13.8 Å². The molecular formula is C32H44O9. The highest BCUT2D eigenvalue weighted by atomic mass is 16.5. The minimum Gasteiger partial charge on any atom is -0.481 e. The molecule has 0 bridgehead atoms. The van der Waals surface area contributed by atoms with Gasteiger partial charge in [0.15, 0.2) is 11.9 Å². The number of carbonyl (C=O) groups excluding carboxylic acids is 5. The van der Waals surface area contributed by atoms with E-state index in [4.69, 9.17) is 4.74 Å². The monoisotopic (exact) mass is 572 g/mol. The number of hydrogen-bond donors (Lipinski definition) is 2. The van der Waals surface area contributed by atoms with Gasteiger partial charge in [0.1, 0.15) is 11.6 Å². The smallest absolute Gasteiger partial charge is 0.306 e. The molecule has 0 saturated heterocycles. The number of aliphatic hydroxyl groups is 1. The molecule has 41 heavy (non-hydrogen) atoms. The third kappa shape index (κ3) is 4.28. The third-order valence-electron chi connectivity index (χ3n) is 11.8. The van der Waals surface area contributed by atoms with Crippen molar-refractivity contribution in [2.75, 3.05) is 0 Å². The summed E-state index contributed by atoms with van der Waals surface area (Å²) in [5.41, 5.74) is -3.57. The summed E-state index contributed by atoms with van der Waals surface area (Å²) in [5, 5.41) is 21.0. The zero-order chi connectivity index (χ0) is 31.0. The largest absolute Gasteiger partial charge is 0.481 e. The second-order valence-electron chi connectivity index (χ2n) is 14.4. The van der Waals surface area contributed by atoms with Gasteiger partial charge in [0.05, 0.1) is 12.0 Å². The van der Waals surface area contributed by atoms with Gasteiger partial charge in [-0.1, -0.05) is 48.5 Å². The number of ether oxygens (including phenoxy) is 1. The van der Waals surface area contributed by atoms with Gasteiger partial charge in [0, 0.05) is 65.4 Å². The molecule has 0 aromatic carbocycles. The summed E-state index contributed by atoms with van der Waals surface area (Å²) in [7, 11) is 0. The van der Waals surface area contributed by atoms with Crippen LogP contribution in [0.3, 0.4) is 0 Å². The lowest BCUT2D eigenvalue weighted by Gasteiger charge is -2.60. The highest BCUT2D eigenvalue weighted by molar-refractivity contribution is 6.14. The lowest BCUT2D eigenvalue weighted by Crippen LogP contribution is -2.65. The van der Waals surface area contributed by atoms with Crippen LogP contribution in [0, 0.1) is 45.3 Å². The van der Waals surface area contributed by atoms with Crippen LogP contribution < -0.4 is 0 Å². The zero-order valence-corrected chi connectivity index (χ0v) is 25.5.